The summed E-state index contributed by atoms with van der Waals surface area (Å²) in [4.78, 5) is 12.2. The highest BCUT2D eigenvalue weighted by Crippen LogP contribution is 2.28. The maximum absolute atomic E-state index is 12.2. The standard InChI is InChI=1S/C14H21N3O3S.ClH/c1-21(19,20)16-10-11-4-6-12(7-5-11)17-13(18)14(15)8-2-3-9-14;/h4-7,16H,2-3,8-10,15H2,1H3,(H,17,18);1H. The number of anilines is 1. The van der Waals surface area contributed by atoms with Crippen molar-refractivity contribution >= 4 is 34.0 Å². The first-order chi connectivity index (χ1) is 9.78. The number of rotatable bonds is 5. The molecule has 1 aliphatic carbocycles. The largest absolute Gasteiger partial charge is 0.324 e. The fourth-order valence-corrected chi connectivity index (χ4v) is 2.84. The highest BCUT2D eigenvalue weighted by Gasteiger charge is 2.36. The minimum absolute atomic E-state index is 0. The number of carbonyl (C=O) groups excluding carboxylic acids is 1. The van der Waals surface area contributed by atoms with Crippen LogP contribution < -0.4 is 15.8 Å². The van der Waals surface area contributed by atoms with Crippen molar-refractivity contribution in [2.45, 2.75) is 37.8 Å². The summed E-state index contributed by atoms with van der Waals surface area (Å²) >= 11 is 0. The van der Waals surface area contributed by atoms with Gasteiger partial charge in [-0.15, -0.1) is 12.4 Å². The normalized spacial score (nSPS) is 16.8. The Morgan fingerprint density at radius 3 is 2.27 bits per heavy atom. The number of hydrogen-bond donors (Lipinski definition) is 3. The number of carbonyl (C=O) groups is 1. The lowest BCUT2D eigenvalue weighted by molar-refractivity contribution is -0.121. The van der Waals surface area contributed by atoms with E-state index >= 15 is 0 Å². The maximum Gasteiger partial charge on any atom is 0.244 e. The average molecular weight is 348 g/mol. The summed E-state index contributed by atoms with van der Waals surface area (Å²) in [6.07, 6.45) is 4.52. The monoisotopic (exact) mass is 347 g/mol. The van der Waals surface area contributed by atoms with Crippen LogP contribution in [0.5, 0.6) is 0 Å². The van der Waals surface area contributed by atoms with Gasteiger partial charge in [-0.1, -0.05) is 25.0 Å². The molecule has 1 aliphatic rings. The van der Waals surface area contributed by atoms with Crippen molar-refractivity contribution in [2.24, 2.45) is 5.73 Å². The van der Waals surface area contributed by atoms with Crippen molar-refractivity contribution in [1.29, 1.82) is 0 Å². The van der Waals surface area contributed by atoms with Gasteiger partial charge in [0, 0.05) is 12.2 Å². The Labute approximate surface area is 137 Å². The maximum atomic E-state index is 12.2. The highest BCUT2D eigenvalue weighted by molar-refractivity contribution is 7.88. The first-order valence-corrected chi connectivity index (χ1v) is 8.82. The molecule has 0 aliphatic heterocycles. The summed E-state index contributed by atoms with van der Waals surface area (Å²) in [7, 11) is -3.21. The van der Waals surface area contributed by atoms with Gasteiger partial charge >= 0.3 is 0 Å². The van der Waals surface area contributed by atoms with Gasteiger partial charge in [0.25, 0.3) is 0 Å². The molecule has 0 heterocycles. The molecule has 2 rings (SSSR count). The van der Waals surface area contributed by atoms with Crippen molar-refractivity contribution in [1.82, 2.24) is 4.72 Å². The summed E-state index contributed by atoms with van der Waals surface area (Å²) < 4.78 is 24.4. The van der Waals surface area contributed by atoms with E-state index in [1.54, 1.807) is 24.3 Å². The molecule has 0 spiro atoms. The first kappa shape index (κ1) is 18.9. The highest BCUT2D eigenvalue weighted by atomic mass is 35.5. The van der Waals surface area contributed by atoms with E-state index in [0.717, 1.165) is 37.5 Å². The van der Waals surface area contributed by atoms with Crippen LogP contribution in [-0.2, 0) is 21.4 Å². The Balaban J connectivity index is 0.00000242. The smallest absolute Gasteiger partial charge is 0.244 e. The molecule has 0 unspecified atom stereocenters. The zero-order valence-corrected chi connectivity index (χ0v) is 14.1. The van der Waals surface area contributed by atoms with Crippen molar-refractivity contribution in [3.63, 3.8) is 0 Å². The van der Waals surface area contributed by atoms with E-state index in [2.05, 4.69) is 10.0 Å². The lowest BCUT2D eigenvalue weighted by Gasteiger charge is -2.22. The van der Waals surface area contributed by atoms with Gasteiger partial charge in [0.15, 0.2) is 0 Å². The van der Waals surface area contributed by atoms with E-state index < -0.39 is 15.6 Å². The number of hydrogen-bond acceptors (Lipinski definition) is 4. The van der Waals surface area contributed by atoms with E-state index in [9.17, 15) is 13.2 Å². The molecule has 1 aromatic rings. The molecule has 0 saturated heterocycles. The number of nitrogens with two attached hydrogens (primary N) is 1. The Morgan fingerprint density at radius 1 is 1.23 bits per heavy atom. The summed E-state index contributed by atoms with van der Waals surface area (Å²) in [6, 6.07) is 7.03. The second kappa shape index (κ2) is 7.41. The van der Waals surface area contributed by atoms with Crippen molar-refractivity contribution in [3.8, 4) is 0 Å². The summed E-state index contributed by atoms with van der Waals surface area (Å²) in [5.74, 6) is -0.151. The molecule has 1 aromatic carbocycles. The number of amides is 1. The van der Waals surface area contributed by atoms with Crippen molar-refractivity contribution in [3.05, 3.63) is 29.8 Å². The predicted octanol–water partition coefficient (Wildman–Crippen LogP) is 1.37. The molecule has 4 N–H and O–H groups in total. The Morgan fingerprint density at radius 2 is 1.77 bits per heavy atom. The number of halogens is 1. The number of benzene rings is 1. The number of sulfonamides is 1. The van der Waals surface area contributed by atoms with Crippen LogP contribution in [-0.4, -0.2) is 26.1 Å². The minimum atomic E-state index is -3.21. The molecule has 1 saturated carbocycles. The zero-order chi connectivity index (χ0) is 15.5. The molecule has 0 radical (unpaired) electrons. The minimum Gasteiger partial charge on any atom is -0.324 e. The lowest BCUT2D eigenvalue weighted by Crippen LogP contribution is -2.48. The molecule has 22 heavy (non-hydrogen) atoms. The van der Waals surface area contributed by atoms with E-state index in [-0.39, 0.29) is 24.9 Å². The van der Waals surface area contributed by atoms with Gasteiger partial charge < -0.3 is 11.1 Å². The quantitative estimate of drug-likeness (QED) is 0.748. The first-order valence-electron chi connectivity index (χ1n) is 6.92. The third-order valence-corrected chi connectivity index (χ3v) is 4.37. The van der Waals surface area contributed by atoms with Crippen LogP contribution in [0.3, 0.4) is 0 Å². The molecule has 1 amide bonds. The SMILES string of the molecule is CS(=O)(=O)NCc1ccc(NC(=O)C2(N)CCCC2)cc1.Cl. The van der Waals surface area contributed by atoms with Gasteiger partial charge in [-0.25, -0.2) is 13.1 Å². The van der Waals surface area contributed by atoms with Crippen LogP contribution in [0.4, 0.5) is 5.69 Å². The Hall–Kier alpha value is -1.15. The average Bonchev–Trinajstić information content (AvgIpc) is 2.85. The van der Waals surface area contributed by atoms with Gasteiger partial charge in [0.1, 0.15) is 0 Å². The summed E-state index contributed by atoms with van der Waals surface area (Å²) in [5.41, 5.74) is 6.82. The predicted molar refractivity (Wildman–Crippen MR) is 89.4 cm³/mol. The number of nitrogens with one attached hydrogen (secondary N) is 2. The van der Waals surface area contributed by atoms with Crippen LogP contribution in [0.15, 0.2) is 24.3 Å². The van der Waals surface area contributed by atoms with Gasteiger partial charge in [-0.05, 0) is 30.5 Å². The molecular formula is C14H22ClN3O3S. The molecule has 0 aromatic heterocycles. The lowest BCUT2D eigenvalue weighted by atomic mass is 9.98. The molecule has 6 nitrogen and oxygen atoms in total. The van der Waals surface area contributed by atoms with Crippen molar-refractivity contribution < 1.29 is 13.2 Å². The Kier molecular flexibility index (Phi) is 6.37. The second-order valence-corrected chi connectivity index (χ2v) is 7.44. The van der Waals surface area contributed by atoms with Gasteiger partial charge in [0.05, 0.1) is 11.8 Å². The van der Waals surface area contributed by atoms with Gasteiger partial charge in [-0.3, -0.25) is 4.79 Å². The van der Waals surface area contributed by atoms with Crippen LogP contribution in [0, 0.1) is 0 Å². The van der Waals surface area contributed by atoms with Crippen LogP contribution in [0.2, 0.25) is 0 Å². The van der Waals surface area contributed by atoms with E-state index in [1.807, 2.05) is 0 Å². The summed E-state index contributed by atoms with van der Waals surface area (Å²) in [6.45, 7) is 0.230. The fraction of sp³-hybridized carbons (Fsp3) is 0.500. The van der Waals surface area contributed by atoms with Gasteiger partial charge in [0.2, 0.25) is 15.9 Å². The van der Waals surface area contributed by atoms with Crippen LogP contribution in [0.1, 0.15) is 31.2 Å². The molecule has 1 fully saturated rings. The molecular weight excluding hydrogens is 326 g/mol. The molecule has 0 bridgehead atoms. The summed E-state index contributed by atoms with van der Waals surface area (Å²) in [5, 5.41) is 2.82. The van der Waals surface area contributed by atoms with Crippen LogP contribution >= 0.6 is 12.4 Å². The Bertz CT molecular complexity index is 611. The van der Waals surface area contributed by atoms with E-state index in [0.29, 0.717) is 5.69 Å². The van der Waals surface area contributed by atoms with E-state index in [4.69, 9.17) is 5.73 Å². The third-order valence-electron chi connectivity index (χ3n) is 3.70. The molecule has 8 heteroatoms. The molecule has 124 valence electrons. The fourth-order valence-electron chi connectivity index (χ4n) is 2.41. The second-order valence-electron chi connectivity index (χ2n) is 5.61. The van der Waals surface area contributed by atoms with Crippen LogP contribution in [0.25, 0.3) is 0 Å². The van der Waals surface area contributed by atoms with Crippen molar-refractivity contribution in [2.75, 3.05) is 11.6 Å². The zero-order valence-electron chi connectivity index (χ0n) is 12.5. The van der Waals surface area contributed by atoms with E-state index in [1.165, 1.54) is 0 Å². The molecule has 0 atom stereocenters. The third kappa shape index (κ3) is 5.24. The van der Waals surface area contributed by atoms with Gasteiger partial charge in [-0.2, -0.15) is 0 Å². The topological polar surface area (TPSA) is 101 Å².